The van der Waals surface area contributed by atoms with Crippen LogP contribution in [0.5, 0.6) is 0 Å². The van der Waals surface area contributed by atoms with Crippen LogP contribution in [-0.2, 0) is 17.8 Å². The molecule has 0 spiro atoms. The van der Waals surface area contributed by atoms with Crippen LogP contribution in [0, 0.1) is 5.92 Å². The van der Waals surface area contributed by atoms with E-state index in [-0.39, 0.29) is 17.9 Å². The third-order valence-corrected chi connectivity index (χ3v) is 5.09. The van der Waals surface area contributed by atoms with Gasteiger partial charge in [0.25, 0.3) is 0 Å². The number of amides is 1. The Morgan fingerprint density at radius 1 is 1.26 bits per heavy atom. The molecule has 0 aliphatic carbocycles. The molecule has 2 aromatic rings. The van der Waals surface area contributed by atoms with E-state index in [1.54, 1.807) is 0 Å². The number of hydrogen-bond acceptors (Lipinski definition) is 3. The molecule has 0 bridgehead atoms. The summed E-state index contributed by atoms with van der Waals surface area (Å²) in [5.74, 6) is 1.60. The highest BCUT2D eigenvalue weighted by atomic mass is 16.2. The number of imidazole rings is 1. The Bertz CT molecular complexity index is 681. The second kappa shape index (κ2) is 6.16. The number of nitrogens with zero attached hydrogens (tertiary/aromatic N) is 2. The molecule has 0 saturated carbocycles. The van der Waals surface area contributed by atoms with Gasteiger partial charge in [0.05, 0.1) is 0 Å². The number of hydrogen-bond donors (Lipinski definition) is 2. The first-order chi connectivity index (χ1) is 11.3. The number of carbonyl (C=O) groups excluding carboxylic acids is 1. The van der Waals surface area contributed by atoms with Gasteiger partial charge in [-0.1, -0.05) is 30.3 Å². The van der Waals surface area contributed by atoms with Gasteiger partial charge in [0, 0.05) is 56.3 Å². The largest absolute Gasteiger partial charge is 0.351 e. The molecule has 2 aliphatic heterocycles. The van der Waals surface area contributed by atoms with Crippen molar-refractivity contribution >= 4 is 5.91 Å². The molecule has 1 saturated heterocycles. The van der Waals surface area contributed by atoms with Crippen molar-refractivity contribution < 1.29 is 4.79 Å². The highest BCUT2D eigenvalue weighted by molar-refractivity contribution is 5.79. The Labute approximate surface area is 136 Å². The molecule has 1 amide bonds. The van der Waals surface area contributed by atoms with E-state index < -0.39 is 0 Å². The number of carbonyl (C=O) groups is 1. The maximum Gasteiger partial charge on any atom is 0.223 e. The average molecular weight is 310 g/mol. The van der Waals surface area contributed by atoms with E-state index in [1.807, 2.05) is 18.5 Å². The molecule has 2 aliphatic rings. The molecule has 23 heavy (non-hydrogen) atoms. The molecule has 1 aromatic carbocycles. The summed E-state index contributed by atoms with van der Waals surface area (Å²) in [6.45, 7) is 2.65. The van der Waals surface area contributed by atoms with Gasteiger partial charge in [-0.05, 0) is 12.0 Å². The number of aryl methyl sites for hydroxylation is 1. The van der Waals surface area contributed by atoms with Crippen molar-refractivity contribution in [2.75, 3.05) is 13.1 Å². The van der Waals surface area contributed by atoms with E-state index in [1.165, 1.54) is 5.56 Å². The lowest BCUT2D eigenvalue weighted by Crippen LogP contribution is -2.44. The zero-order chi connectivity index (χ0) is 15.6. The Morgan fingerprint density at radius 3 is 3.00 bits per heavy atom. The lowest BCUT2D eigenvalue weighted by Gasteiger charge is -2.26. The second-order valence-corrected chi connectivity index (χ2v) is 6.52. The summed E-state index contributed by atoms with van der Waals surface area (Å²) in [4.78, 5) is 17.0. The molecule has 5 nitrogen and oxygen atoms in total. The average Bonchev–Trinajstić information content (AvgIpc) is 3.23. The number of rotatable bonds is 3. The molecule has 1 unspecified atom stereocenters. The van der Waals surface area contributed by atoms with Gasteiger partial charge in [0.1, 0.15) is 5.82 Å². The van der Waals surface area contributed by atoms with Crippen molar-refractivity contribution in [3.63, 3.8) is 0 Å². The minimum Gasteiger partial charge on any atom is -0.351 e. The normalized spacial score (nSPS) is 26.7. The molecule has 0 radical (unpaired) electrons. The lowest BCUT2D eigenvalue weighted by molar-refractivity contribution is -0.126. The van der Waals surface area contributed by atoms with Gasteiger partial charge in [-0.3, -0.25) is 4.79 Å². The fourth-order valence-corrected chi connectivity index (χ4v) is 3.76. The quantitative estimate of drug-likeness (QED) is 0.899. The summed E-state index contributed by atoms with van der Waals surface area (Å²) in [6, 6.07) is 10.6. The Balaban J connectivity index is 1.42. The summed E-state index contributed by atoms with van der Waals surface area (Å²) in [7, 11) is 0. The third kappa shape index (κ3) is 2.88. The van der Waals surface area contributed by atoms with E-state index >= 15 is 0 Å². The van der Waals surface area contributed by atoms with Crippen LogP contribution in [0.3, 0.4) is 0 Å². The number of aromatic nitrogens is 2. The fourth-order valence-electron chi connectivity index (χ4n) is 3.76. The van der Waals surface area contributed by atoms with Gasteiger partial charge in [-0.15, -0.1) is 0 Å². The molecular weight excluding hydrogens is 288 g/mol. The minimum atomic E-state index is 0.0434. The summed E-state index contributed by atoms with van der Waals surface area (Å²) in [5.41, 5.74) is 1.29. The van der Waals surface area contributed by atoms with Crippen LogP contribution in [0.4, 0.5) is 0 Å². The van der Waals surface area contributed by atoms with Crippen LogP contribution in [-0.4, -0.2) is 34.6 Å². The third-order valence-electron chi connectivity index (χ3n) is 5.09. The fraction of sp³-hybridized carbons (Fsp3) is 0.444. The smallest absolute Gasteiger partial charge is 0.223 e. The van der Waals surface area contributed by atoms with Crippen LogP contribution in [0.2, 0.25) is 0 Å². The van der Waals surface area contributed by atoms with Crippen LogP contribution in [0.25, 0.3) is 0 Å². The van der Waals surface area contributed by atoms with Crippen molar-refractivity contribution in [3.8, 4) is 0 Å². The zero-order valence-corrected chi connectivity index (χ0v) is 13.1. The predicted molar refractivity (Wildman–Crippen MR) is 88.0 cm³/mol. The molecule has 1 fully saturated rings. The van der Waals surface area contributed by atoms with Crippen molar-refractivity contribution in [2.24, 2.45) is 5.92 Å². The van der Waals surface area contributed by atoms with Gasteiger partial charge >= 0.3 is 0 Å². The molecule has 120 valence electrons. The Morgan fingerprint density at radius 2 is 2.13 bits per heavy atom. The van der Waals surface area contributed by atoms with Crippen LogP contribution in [0.1, 0.15) is 23.7 Å². The van der Waals surface area contributed by atoms with Crippen LogP contribution < -0.4 is 10.6 Å². The summed E-state index contributed by atoms with van der Waals surface area (Å²) in [5, 5.41) is 6.69. The van der Waals surface area contributed by atoms with E-state index in [9.17, 15) is 4.79 Å². The number of benzene rings is 1. The first-order valence-corrected chi connectivity index (χ1v) is 8.37. The molecule has 3 atom stereocenters. The maximum atomic E-state index is 12.7. The van der Waals surface area contributed by atoms with Gasteiger partial charge in [-0.25, -0.2) is 4.98 Å². The first-order valence-electron chi connectivity index (χ1n) is 8.37. The number of nitrogens with one attached hydrogen (secondary N) is 2. The molecule has 4 rings (SSSR count). The molecule has 3 heterocycles. The van der Waals surface area contributed by atoms with Crippen molar-refractivity contribution in [3.05, 3.63) is 54.1 Å². The highest BCUT2D eigenvalue weighted by Gasteiger charge is 2.32. The standard InChI is InChI=1S/C18H22N4O/c23-18(14-6-8-22-9-7-20-17(22)10-14)21-16-12-19-11-15(16)13-4-2-1-3-5-13/h1-5,7,9,14-16,19H,6,8,10-12H2,(H,21,23)/t14?,15-,16+/m0/s1. The van der Waals surface area contributed by atoms with Crippen molar-refractivity contribution in [1.29, 1.82) is 0 Å². The van der Waals surface area contributed by atoms with E-state index in [4.69, 9.17) is 0 Å². The molecule has 1 aromatic heterocycles. The molecular formula is C18H22N4O. The first kappa shape index (κ1) is 14.5. The van der Waals surface area contributed by atoms with E-state index in [0.29, 0.717) is 5.92 Å². The van der Waals surface area contributed by atoms with Crippen LogP contribution in [0.15, 0.2) is 42.7 Å². The monoisotopic (exact) mass is 310 g/mol. The van der Waals surface area contributed by atoms with E-state index in [2.05, 4.69) is 44.5 Å². The van der Waals surface area contributed by atoms with Crippen molar-refractivity contribution in [2.45, 2.75) is 31.3 Å². The zero-order valence-electron chi connectivity index (χ0n) is 13.1. The lowest BCUT2D eigenvalue weighted by atomic mass is 9.92. The SMILES string of the molecule is O=C(N[C@@H]1CNC[C@H]1c1ccccc1)C1CCn2ccnc2C1. The van der Waals surface area contributed by atoms with E-state index in [0.717, 1.165) is 38.3 Å². The minimum absolute atomic E-state index is 0.0434. The maximum absolute atomic E-state index is 12.7. The molecule has 5 heteroatoms. The summed E-state index contributed by atoms with van der Waals surface area (Å²) >= 11 is 0. The van der Waals surface area contributed by atoms with Crippen LogP contribution >= 0.6 is 0 Å². The van der Waals surface area contributed by atoms with Crippen molar-refractivity contribution in [1.82, 2.24) is 20.2 Å². The van der Waals surface area contributed by atoms with Gasteiger partial charge < -0.3 is 15.2 Å². The second-order valence-electron chi connectivity index (χ2n) is 6.52. The van der Waals surface area contributed by atoms with Gasteiger partial charge in [0.15, 0.2) is 0 Å². The number of fused-ring (bicyclic) bond motifs is 1. The predicted octanol–water partition coefficient (Wildman–Crippen LogP) is 1.32. The van der Waals surface area contributed by atoms with Gasteiger partial charge in [0.2, 0.25) is 5.91 Å². The van der Waals surface area contributed by atoms with Gasteiger partial charge in [-0.2, -0.15) is 0 Å². The summed E-state index contributed by atoms with van der Waals surface area (Å²) in [6.07, 6.45) is 5.46. The Kier molecular flexibility index (Phi) is 3.87. The Hall–Kier alpha value is -2.14. The topological polar surface area (TPSA) is 59.0 Å². The highest BCUT2D eigenvalue weighted by Crippen LogP contribution is 2.24. The molecule has 2 N–H and O–H groups in total. The summed E-state index contributed by atoms with van der Waals surface area (Å²) < 4.78 is 2.15.